The van der Waals surface area contributed by atoms with Crippen molar-refractivity contribution in [1.29, 1.82) is 0 Å². The van der Waals surface area contributed by atoms with Crippen LogP contribution in [0.2, 0.25) is 0 Å². The van der Waals surface area contributed by atoms with Gasteiger partial charge in [0.1, 0.15) is 17.3 Å². The highest BCUT2D eigenvalue weighted by atomic mass is 16.5. The Labute approximate surface area is 147 Å². The molecule has 0 amide bonds. The first-order chi connectivity index (χ1) is 12.1. The maximum atomic E-state index is 11.9. The summed E-state index contributed by atoms with van der Waals surface area (Å²) in [5.41, 5.74) is 1.60. The molecule has 0 aliphatic heterocycles. The average molecular weight is 336 g/mol. The third kappa shape index (κ3) is 5.39. The molecule has 0 aromatic heterocycles. The molecule has 0 unspecified atom stereocenters. The number of benzene rings is 2. The van der Waals surface area contributed by atoms with Crippen LogP contribution in [0.1, 0.15) is 11.1 Å². The summed E-state index contributed by atoms with van der Waals surface area (Å²) in [5, 5.41) is 9.90. The first kappa shape index (κ1) is 18.1. The highest BCUT2D eigenvalue weighted by Crippen LogP contribution is 2.20. The van der Waals surface area contributed by atoms with E-state index in [9.17, 15) is 9.90 Å². The average Bonchev–Trinajstić information content (AvgIpc) is 2.65. The molecule has 4 heteroatoms. The van der Waals surface area contributed by atoms with E-state index in [-0.39, 0.29) is 11.5 Å². The molecule has 1 N–H and O–H groups in total. The van der Waals surface area contributed by atoms with Crippen molar-refractivity contribution in [3.05, 3.63) is 83.6 Å². The third-order valence-electron chi connectivity index (χ3n) is 3.43. The molecule has 2 aromatic carbocycles. The lowest BCUT2D eigenvalue weighted by atomic mass is 10.1. The van der Waals surface area contributed by atoms with Gasteiger partial charge in [0, 0.05) is 17.2 Å². The minimum absolute atomic E-state index is 0.138. The number of hydrogen-bond acceptors (Lipinski definition) is 4. The Hall–Kier alpha value is -3.27. The molecule has 25 heavy (non-hydrogen) atoms. The molecule has 0 bridgehead atoms. The quantitative estimate of drug-likeness (QED) is 0.461. The van der Waals surface area contributed by atoms with Crippen LogP contribution in [0.4, 0.5) is 0 Å². The minimum atomic E-state index is -0.326. The van der Waals surface area contributed by atoms with E-state index in [0.29, 0.717) is 11.5 Å². The van der Waals surface area contributed by atoms with Crippen molar-refractivity contribution in [2.45, 2.75) is 0 Å². The fourth-order valence-electron chi connectivity index (χ4n) is 2.20. The number of carbonyl (C=O) groups is 1. The van der Waals surface area contributed by atoms with E-state index in [2.05, 4.69) is 0 Å². The number of para-hydroxylation sites is 2. The van der Waals surface area contributed by atoms with Gasteiger partial charge in [-0.15, -0.1) is 0 Å². The van der Waals surface area contributed by atoms with Gasteiger partial charge in [0.25, 0.3) is 0 Å². The summed E-state index contributed by atoms with van der Waals surface area (Å²) in [6.45, 7) is 0. The van der Waals surface area contributed by atoms with Crippen molar-refractivity contribution in [2.75, 3.05) is 14.2 Å². The van der Waals surface area contributed by atoms with Crippen molar-refractivity contribution in [2.24, 2.45) is 0 Å². The Morgan fingerprint density at radius 2 is 1.32 bits per heavy atom. The zero-order valence-electron chi connectivity index (χ0n) is 14.2. The van der Waals surface area contributed by atoms with Gasteiger partial charge in [0.05, 0.1) is 14.2 Å². The van der Waals surface area contributed by atoms with Gasteiger partial charge in [0.2, 0.25) is 0 Å². The number of methoxy groups -OCH3 is 2. The van der Waals surface area contributed by atoms with Gasteiger partial charge in [-0.05, 0) is 36.4 Å². The van der Waals surface area contributed by atoms with Gasteiger partial charge in [-0.2, -0.15) is 0 Å². The van der Waals surface area contributed by atoms with Crippen molar-refractivity contribution in [3.63, 3.8) is 0 Å². The van der Waals surface area contributed by atoms with E-state index in [1.165, 1.54) is 12.2 Å². The Bertz CT molecular complexity index is 816. The first-order valence-electron chi connectivity index (χ1n) is 7.71. The zero-order valence-corrected chi connectivity index (χ0v) is 14.2. The molecule has 0 spiro atoms. The van der Waals surface area contributed by atoms with Gasteiger partial charge >= 0.3 is 0 Å². The highest BCUT2D eigenvalue weighted by molar-refractivity contribution is 6.02. The van der Waals surface area contributed by atoms with Crippen LogP contribution in [-0.2, 0) is 4.79 Å². The van der Waals surface area contributed by atoms with Crippen LogP contribution in [0, 0.1) is 0 Å². The predicted molar refractivity (Wildman–Crippen MR) is 99.8 cm³/mol. The van der Waals surface area contributed by atoms with Gasteiger partial charge < -0.3 is 14.6 Å². The number of carbonyl (C=O) groups excluding carboxylic acids is 1. The normalized spacial score (nSPS) is 11.8. The summed E-state index contributed by atoms with van der Waals surface area (Å²) in [6.07, 6.45) is 7.31. The molecule has 128 valence electrons. The molecule has 0 aliphatic rings. The van der Waals surface area contributed by atoms with Gasteiger partial charge in [0.15, 0.2) is 5.78 Å². The van der Waals surface area contributed by atoms with E-state index >= 15 is 0 Å². The molecule has 2 rings (SSSR count). The van der Waals surface area contributed by atoms with Gasteiger partial charge in [-0.25, -0.2) is 0 Å². The molecule has 0 radical (unpaired) electrons. The lowest BCUT2D eigenvalue weighted by molar-refractivity contribution is -0.110. The lowest BCUT2D eigenvalue weighted by Gasteiger charge is -2.03. The smallest absolute Gasteiger partial charge is 0.182 e. The molecule has 0 atom stereocenters. The number of allylic oxidation sites excluding steroid dienone is 3. The molecular formula is C21H20O4. The molecule has 0 saturated heterocycles. The summed E-state index contributed by atoms with van der Waals surface area (Å²) in [5.74, 6) is 0.901. The maximum Gasteiger partial charge on any atom is 0.182 e. The molecule has 0 saturated carbocycles. The van der Waals surface area contributed by atoms with Crippen LogP contribution in [0.3, 0.4) is 0 Å². The van der Waals surface area contributed by atoms with E-state index < -0.39 is 0 Å². The Morgan fingerprint density at radius 3 is 1.84 bits per heavy atom. The number of ether oxygens (including phenoxy) is 2. The van der Waals surface area contributed by atoms with E-state index in [1.807, 2.05) is 48.5 Å². The number of aliphatic hydroxyl groups is 1. The van der Waals surface area contributed by atoms with Crippen LogP contribution in [-0.4, -0.2) is 25.1 Å². The summed E-state index contributed by atoms with van der Waals surface area (Å²) >= 11 is 0. The van der Waals surface area contributed by atoms with Gasteiger partial charge in [-0.3, -0.25) is 4.79 Å². The zero-order chi connectivity index (χ0) is 18.1. The second-order valence-electron chi connectivity index (χ2n) is 5.12. The summed E-state index contributed by atoms with van der Waals surface area (Å²) in [7, 11) is 3.15. The third-order valence-corrected chi connectivity index (χ3v) is 3.43. The summed E-state index contributed by atoms with van der Waals surface area (Å²) in [6, 6.07) is 14.8. The first-order valence-corrected chi connectivity index (χ1v) is 7.71. The molecule has 2 aromatic rings. The van der Waals surface area contributed by atoms with E-state index in [4.69, 9.17) is 9.47 Å². The van der Waals surface area contributed by atoms with Gasteiger partial charge in [-0.1, -0.05) is 36.4 Å². The SMILES string of the molecule is COc1ccccc1C=CC(=O)C=C(O)C=Cc1ccccc1OC. The number of aliphatic hydroxyl groups excluding tert-OH is 1. The van der Waals surface area contributed by atoms with Crippen molar-refractivity contribution >= 4 is 17.9 Å². The van der Waals surface area contributed by atoms with Crippen molar-refractivity contribution in [1.82, 2.24) is 0 Å². The number of ketones is 1. The summed E-state index contributed by atoms with van der Waals surface area (Å²) in [4.78, 5) is 11.9. The van der Waals surface area contributed by atoms with Crippen LogP contribution in [0.15, 0.2) is 72.5 Å². The fraction of sp³-hybridized carbons (Fsp3) is 0.0952. The fourth-order valence-corrected chi connectivity index (χ4v) is 2.20. The largest absolute Gasteiger partial charge is 0.508 e. The second kappa shape index (κ2) is 9.13. The van der Waals surface area contributed by atoms with Crippen LogP contribution < -0.4 is 9.47 Å². The van der Waals surface area contributed by atoms with Crippen LogP contribution in [0.25, 0.3) is 12.2 Å². The predicted octanol–water partition coefficient (Wildman–Crippen LogP) is 4.44. The number of rotatable bonds is 7. The van der Waals surface area contributed by atoms with E-state index in [1.54, 1.807) is 26.4 Å². The molecule has 0 fully saturated rings. The topological polar surface area (TPSA) is 55.8 Å². The summed E-state index contributed by atoms with van der Waals surface area (Å²) < 4.78 is 10.4. The second-order valence-corrected chi connectivity index (χ2v) is 5.12. The molecule has 4 nitrogen and oxygen atoms in total. The van der Waals surface area contributed by atoms with Crippen molar-refractivity contribution < 1.29 is 19.4 Å². The Morgan fingerprint density at radius 1 is 0.840 bits per heavy atom. The Balaban J connectivity index is 2.07. The molecular weight excluding hydrogens is 316 g/mol. The monoisotopic (exact) mass is 336 g/mol. The van der Waals surface area contributed by atoms with Crippen LogP contribution >= 0.6 is 0 Å². The molecule has 0 heterocycles. The standard InChI is InChI=1S/C21H20O4/c1-24-20-9-5-3-7-16(20)11-13-18(22)15-19(23)14-12-17-8-4-6-10-21(17)25-2/h3-15,22H,1-2H3. The number of hydrogen-bond donors (Lipinski definition) is 1. The Kier molecular flexibility index (Phi) is 6.60. The van der Waals surface area contributed by atoms with E-state index in [0.717, 1.165) is 17.2 Å². The minimum Gasteiger partial charge on any atom is -0.508 e. The lowest BCUT2D eigenvalue weighted by Crippen LogP contribution is -1.90. The highest BCUT2D eigenvalue weighted by Gasteiger charge is 2.00. The van der Waals surface area contributed by atoms with Crippen molar-refractivity contribution in [3.8, 4) is 11.5 Å². The van der Waals surface area contributed by atoms with Crippen LogP contribution in [0.5, 0.6) is 11.5 Å². The molecule has 0 aliphatic carbocycles. The maximum absolute atomic E-state index is 11.9.